The van der Waals surface area contributed by atoms with Crippen molar-refractivity contribution in [2.45, 2.75) is 13.8 Å². The molecule has 0 atom stereocenters. The second-order valence-electron chi connectivity index (χ2n) is 8.61. The van der Waals surface area contributed by atoms with Crippen molar-refractivity contribution in [1.29, 1.82) is 0 Å². The quantitative estimate of drug-likeness (QED) is 0.184. The fraction of sp³-hybridized carbons (Fsp3) is 0.0667. The lowest BCUT2D eigenvalue weighted by Crippen LogP contribution is -2.33. The molecular weight excluding hydrogens is 402 g/mol. The molecule has 0 amide bonds. The summed E-state index contributed by atoms with van der Waals surface area (Å²) in [6.45, 7) is 4.25. The van der Waals surface area contributed by atoms with E-state index in [9.17, 15) is 0 Å². The molecule has 0 spiro atoms. The molecule has 0 unspecified atom stereocenters. The average Bonchev–Trinajstić information content (AvgIpc) is 2.84. The third-order valence-electron chi connectivity index (χ3n) is 6.15. The molecule has 1 aromatic heterocycles. The van der Waals surface area contributed by atoms with E-state index >= 15 is 0 Å². The van der Waals surface area contributed by atoms with Crippen molar-refractivity contribution in [3.63, 3.8) is 0 Å². The van der Waals surface area contributed by atoms with Crippen LogP contribution in [0, 0.1) is 13.8 Å². The van der Waals surface area contributed by atoms with Crippen molar-refractivity contribution >= 4 is 44.2 Å². The van der Waals surface area contributed by atoms with Crippen LogP contribution in [0.3, 0.4) is 0 Å². The Bertz CT molecular complexity index is 1650. The number of nitrogens with zero attached hydrogens (tertiary/aromatic N) is 2. The smallest absolute Gasteiger partial charge is 0.240 e. The first kappa shape index (κ1) is 19.4. The highest BCUT2D eigenvalue weighted by Crippen LogP contribution is 2.33. The number of aromatic nitrogens is 2. The molecule has 0 aliphatic carbocycles. The van der Waals surface area contributed by atoms with Crippen molar-refractivity contribution in [3.8, 4) is 5.69 Å². The normalized spacial score (nSPS) is 11.3. The van der Waals surface area contributed by atoms with E-state index in [4.69, 9.17) is 4.98 Å². The molecule has 33 heavy (non-hydrogen) atoms. The fourth-order valence-corrected chi connectivity index (χ4v) is 4.63. The van der Waals surface area contributed by atoms with Gasteiger partial charge >= 0.3 is 0 Å². The van der Waals surface area contributed by atoms with Crippen LogP contribution in [0.2, 0.25) is 0 Å². The zero-order chi connectivity index (χ0) is 22.4. The Morgan fingerprint density at radius 2 is 1.39 bits per heavy atom. The van der Waals surface area contributed by atoms with Gasteiger partial charge in [-0.1, -0.05) is 60.7 Å². The lowest BCUT2D eigenvalue weighted by atomic mass is 10.0. The van der Waals surface area contributed by atoms with Gasteiger partial charge in [0.2, 0.25) is 16.7 Å². The highest BCUT2D eigenvalue weighted by Gasteiger charge is 2.22. The van der Waals surface area contributed by atoms with Crippen LogP contribution in [0.4, 0.5) is 11.4 Å². The van der Waals surface area contributed by atoms with E-state index in [1.807, 2.05) is 0 Å². The van der Waals surface area contributed by atoms with Gasteiger partial charge in [0.25, 0.3) is 0 Å². The number of hydrogen-bond acceptors (Lipinski definition) is 2. The maximum Gasteiger partial charge on any atom is 0.240 e. The number of hydrogen-bond donors (Lipinski definition) is 1. The second-order valence-corrected chi connectivity index (χ2v) is 8.61. The van der Waals surface area contributed by atoms with Gasteiger partial charge in [-0.25, -0.2) is 4.98 Å². The van der Waals surface area contributed by atoms with Gasteiger partial charge in [-0.2, -0.15) is 0 Å². The Kier molecular flexibility index (Phi) is 4.55. The molecule has 0 aliphatic heterocycles. The number of para-hydroxylation sites is 1. The van der Waals surface area contributed by atoms with Gasteiger partial charge in [0.05, 0.1) is 5.69 Å². The molecule has 0 fully saturated rings. The number of aryl methyl sites for hydroxylation is 2. The minimum atomic E-state index is 0.987. The van der Waals surface area contributed by atoms with Crippen LogP contribution in [-0.4, -0.2) is 4.98 Å². The van der Waals surface area contributed by atoms with Crippen molar-refractivity contribution < 1.29 is 4.57 Å². The van der Waals surface area contributed by atoms with E-state index in [1.54, 1.807) is 0 Å². The maximum atomic E-state index is 5.15. The van der Waals surface area contributed by atoms with Crippen LogP contribution >= 0.6 is 0 Å². The first-order valence-electron chi connectivity index (χ1n) is 11.2. The zero-order valence-electron chi connectivity index (χ0n) is 18.7. The molecule has 3 heteroatoms. The Hall–Kier alpha value is -4.24. The second kappa shape index (κ2) is 7.72. The van der Waals surface area contributed by atoms with Crippen LogP contribution < -0.4 is 9.88 Å². The molecule has 6 aromatic rings. The average molecular weight is 427 g/mol. The van der Waals surface area contributed by atoms with E-state index in [2.05, 4.69) is 127 Å². The van der Waals surface area contributed by atoms with Crippen LogP contribution in [0.5, 0.6) is 0 Å². The van der Waals surface area contributed by atoms with Gasteiger partial charge < -0.3 is 5.32 Å². The van der Waals surface area contributed by atoms with E-state index in [1.165, 1.54) is 11.1 Å². The SMILES string of the molecule is Cc1cccc(Nc2cc3c(nc4ccc(C)cc4[n+]3-c3ccccc3)c3ccccc23)c1. The summed E-state index contributed by atoms with van der Waals surface area (Å²) in [5, 5.41) is 5.97. The van der Waals surface area contributed by atoms with Crippen molar-refractivity contribution in [2.75, 3.05) is 5.32 Å². The molecule has 0 saturated heterocycles. The summed E-state index contributed by atoms with van der Waals surface area (Å²) < 4.78 is 2.33. The molecular formula is C30H24N3+. The molecule has 0 bridgehead atoms. The predicted molar refractivity (Wildman–Crippen MR) is 137 cm³/mol. The molecule has 3 nitrogen and oxygen atoms in total. The zero-order valence-corrected chi connectivity index (χ0v) is 18.7. The lowest BCUT2D eigenvalue weighted by Gasteiger charge is -2.13. The molecule has 0 aliphatic rings. The minimum Gasteiger partial charge on any atom is -0.355 e. The summed E-state index contributed by atoms with van der Waals surface area (Å²) in [5.41, 5.74) is 9.88. The first-order chi connectivity index (χ1) is 16.2. The van der Waals surface area contributed by atoms with E-state index in [-0.39, 0.29) is 0 Å². The molecule has 6 rings (SSSR count). The summed E-state index contributed by atoms with van der Waals surface area (Å²) in [7, 11) is 0. The van der Waals surface area contributed by atoms with E-state index in [0.29, 0.717) is 0 Å². The Morgan fingerprint density at radius 3 is 2.21 bits per heavy atom. The third-order valence-corrected chi connectivity index (χ3v) is 6.15. The van der Waals surface area contributed by atoms with E-state index in [0.717, 1.165) is 49.9 Å². The predicted octanol–water partition coefficient (Wildman–Crippen LogP) is 7.18. The van der Waals surface area contributed by atoms with Crippen LogP contribution in [0.25, 0.3) is 38.5 Å². The Labute approximate surface area is 193 Å². The summed E-state index contributed by atoms with van der Waals surface area (Å²) in [6, 6.07) is 36.3. The lowest BCUT2D eigenvalue weighted by molar-refractivity contribution is -0.538. The molecule has 158 valence electrons. The highest BCUT2D eigenvalue weighted by atomic mass is 15.0. The Morgan fingerprint density at radius 1 is 0.636 bits per heavy atom. The first-order valence-corrected chi connectivity index (χ1v) is 11.2. The van der Waals surface area contributed by atoms with Crippen LogP contribution in [0.1, 0.15) is 11.1 Å². The molecule has 5 aromatic carbocycles. The molecule has 0 saturated carbocycles. The standard InChI is InChI=1S/C30H23N3/c1-20-9-8-10-22(17-20)31-27-19-29-30(25-14-7-6-13-24(25)27)32-26-16-15-21(2)18-28(26)33(29)23-11-4-3-5-12-23/h3-19H,1-2H3/p+1. The number of benzene rings is 5. The summed E-state index contributed by atoms with van der Waals surface area (Å²) in [4.78, 5) is 5.15. The minimum absolute atomic E-state index is 0.987. The molecule has 1 heterocycles. The largest absolute Gasteiger partial charge is 0.355 e. The maximum absolute atomic E-state index is 5.15. The van der Waals surface area contributed by atoms with Gasteiger partial charge in [-0.05, 0) is 43.2 Å². The number of nitrogens with one attached hydrogen (secondary N) is 1. The van der Waals surface area contributed by atoms with Crippen molar-refractivity contribution in [1.82, 2.24) is 4.98 Å². The number of rotatable bonds is 3. The van der Waals surface area contributed by atoms with Crippen molar-refractivity contribution in [2.24, 2.45) is 0 Å². The summed E-state index contributed by atoms with van der Waals surface area (Å²) in [5.74, 6) is 0. The third kappa shape index (κ3) is 3.39. The fourth-order valence-electron chi connectivity index (χ4n) is 4.63. The Balaban J connectivity index is 1.75. The number of anilines is 2. The summed E-state index contributed by atoms with van der Waals surface area (Å²) in [6.07, 6.45) is 0. The van der Waals surface area contributed by atoms with Crippen molar-refractivity contribution in [3.05, 3.63) is 114 Å². The summed E-state index contributed by atoms with van der Waals surface area (Å²) >= 11 is 0. The van der Waals surface area contributed by atoms with Gasteiger partial charge in [0, 0.05) is 40.7 Å². The van der Waals surface area contributed by atoms with Gasteiger partial charge in [-0.3, -0.25) is 0 Å². The van der Waals surface area contributed by atoms with Crippen LogP contribution in [0.15, 0.2) is 103 Å². The monoisotopic (exact) mass is 426 g/mol. The van der Waals surface area contributed by atoms with E-state index < -0.39 is 0 Å². The van der Waals surface area contributed by atoms with Gasteiger partial charge in [0.1, 0.15) is 11.0 Å². The molecule has 0 radical (unpaired) electrons. The molecule has 1 N–H and O–H groups in total. The van der Waals surface area contributed by atoms with Crippen LogP contribution in [-0.2, 0) is 0 Å². The highest BCUT2D eigenvalue weighted by molar-refractivity contribution is 6.11. The van der Waals surface area contributed by atoms with Gasteiger partial charge in [0.15, 0.2) is 0 Å². The number of fused-ring (bicyclic) bond motifs is 4. The topological polar surface area (TPSA) is 28.8 Å². The van der Waals surface area contributed by atoms with Gasteiger partial charge in [-0.15, -0.1) is 4.57 Å².